The molecule has 1 aromatic carbocycles. The van der Waals surface area contributed by atoms with Gasteiger partial charge < -0.3 is 9.47 Å². The van der Waals surface area contributed by atoms with E-state index in [9.17, 15) is 4.79 Å². The standard InChI is InChI=1S/C18H18N4O3S/c1-22(18-21-20-17(26-18)13-5-4-8-19-11-13)16(23)10-12-6-7-14(24-2)15(9-12)25-3/h4-9,11H,10H2,1-3H3. The second-order valence-electron chi connectivity index (χ2n) is 5.45. The molecule has 0 aliphatic heterocycles. The van der Waals surface area contributed by atoms with Crippen molar-refractivity contribution in [1.82, 2.24) is 15.2 Å². The number of carbonyl (C=O) groups excluding carboxylic acids is 1. The Bertz CT molecular complexity index is 898. The Morgan fingerprint density at radius 3 is 2.65 bits per heavy atom. The Morgan fingerprint density at radius 2 is 1.96 bits per heavy atom. The van der Waals surface area contributed by atoms with Gasteiger partial charge in [0.25, 0.3) is 0 Å². The van der Waals surface area contributed by atoms with E-state index < -0.39 is 0 Å². The third-order valence-corrected chi connectivity index (χ3v) is 4.84. The van der Waals surface area contributed by atoms with Crippen molar-refractivity contribution in [3.63, 3.8) is 0 Å². The van der Waals surface area contributed by atoms with Crippen LogP contribution in [0.3, 0.4) is 0 Å². The van der Waals surface area contributed by atoms with Crippen molar-refractivity contribution in [1.29, 1.82) is 0 Å². The molecule has 8 heteroatoms. The van der Waals surface area contributed by atoms with E-state index in [1.807, 2.05) is 18.2 Å². The summed E-state index contributed by atoms with van der Waals surface area (Å²) in [6.45, 7) is 0. The van der Waals surface area contributed by atoms with Crippen LogP contribution in [-0.2, 0) is 11.2 Å². The summed E-state index contributed by atoms with van der Waals surface area (Å²) >= 11 is 1.34. The van der Waals surface area contributed by atoms with Crippen LogP contribution < -0.4 is 14.4 Å². The van der Waals surface area contributed by atoms with E-state index in [2.05, 4.69) is 15.2 Å². The normalized spacial score (nSPS) is 10.4. The van der Waals surface area contributed by atoms with Gasteiger partial charge in [-0.3, -0.25) is 14.7 Å². The zero-order chi connectivity index (χ0) is 18.5. The molecule has 0 saturated heterocycles. The first-order valence-corrected chi connectivity index (χ1v) is 8.65. The van der Waals surface area contributed by atoms with Crippen molar-refractivity contribution in [2.75, 3.05) is 26.2 Å². The minimum atomic E-state index is -0.0916. The molecule has 0 unspecified atom stereocenters. The molecular weight excluding hydrogens is 352 g/mol. The van der Waals surface area contributed by atoms with Gasteiger partial charge in [-0.05, 0) is 29.8 Å². The van der Waals surface area contributed by atoms with Crippen LogP contribution in [0.15, 0.2) is 42.7 Å². The zero-order valence-electron chi connectivity index (χ0n) is 14.7. The van der Waals surface area contributed by atoms with Gasteiger partial charge in [0.15, 0.2) is 16.5 Å². The lowest BCUT2D eigenvalue weighted by molar-refractivity contribution is -0.117. The summed E-state index contributed by atoms with van der Waals surface area (Å²) in [6, 6.07) is 9.16. The molecule has 0 fully saturated rings. The van der Waals surface area contributed by atoms with Crippen molar-refractivity contribution in [2.24, 2.45) is 0 Å². The van der Waals surface area contributed by atoms with Crippen LogP contribution in [-0.4, -0.2) is 42.4 Å². The van der Waals surface area contributed by atoms with Gasteiger partial charge in [-0.1, -0.05) is 17.4 Å². The number of hydrogen-bond donors (Lipinski definition) is 0. The molecule has 0 bridgehead atoms. The molecule has 0 saturated carbocycles. The topological polar surface area (TPSA) is 77.4 Å². The van der Waals surface area contributed by atoms with Crippen LogP contribution >= 0.6 is 11.3 Å². The first-order chi connectivity index (χ1) is 12.6. The molecule has 0 radical (unpaired) electrons. The monoisotopic (exact) mass is 370 g/mol. The minimum absolute atomic E-state index is 0.0916. The lowest BCUT2D eigenvalue weighted by Crippen LogP contribution is -2.27. The summed E-state index contributed by atoms with van der Waals surface area (Å²) in [6.07, 6.45) is 3.64. The number of benzene rings is 1. The van der Waals surface area contributed by atoms with E-state index in [0.717, 1.165) is 16.1 Å². The second kappa shape index (κ2) is 7.92. The quantitative estimate of drug-likeness (QED) is 0.664. The van der Waals surface area contributed by atoms with Crippen molar-refractivity contribution in [3.8, 4) is 22.1 Å². The maximum atomic E-state index is 12.6. The Hall–Kier alpha value is -3.00. The third kappa shape index (κ3) is 3.80. The maximum absolute atomic E-state index is 12.6. The van der Waals surface area contributed by atoms with E-state index >= 15 is 0 Å². The van der Waals surface area contributed by atoms with E-state index in [1.165, 1.54) is 16.2 Å². The molecule has 3 rings (SSSR count). The average Bonchev–Trinajstić information content (AvgIpc) is 3.18. The third-order valence-electron chi connectivity index (χ3n) is 3.79. The first kappa shape index (κ1) is 17.8. The Kier molecular flexibility index (Phi) is 5.43. The summed E-state index contributed by atoms with van der Waals surface area (Å²) in [5, 5.41) is 9.52. The highest BCUT2D eigenvalue weighted by atomic mass is 32.1. The van der Waals surface area contributed by atoms with Gasteiger partial charge in [0.2, 0.25) is 11.0 Å². The zero-order valence-corrected chi connectivity index (χ0v) is 15.5. The summed E-state index contributed by atoms with van der Waals surface area (Å²) in [5.74, 6) is 1.13. The van der Waals surface area contributed by atoms with E-state index in [1.54, 1.807) is 45.8 Å². The second-order valence-corrected chi connectivity index (χ2v) is 6.41. The number of anilines is 1. The highest BCUT2D eigenvalue weighted by Crippen LogP contribution is 2.29. The molecule has 0 N–H and O–H groups in total. The summed E-state index contributed by atoms with van der Waals surface area (Å²) in [7, 11) is 4.83. The molecule has 2 aromatic heterocycles. The highest BCUT2D eigenvalue weighted by Gasteiger charge is 2.17. The Balaban J connectivity index is 1.73. The molecule has 0 spiro atoms. The summed E-state index contributed by atoms with van der Waals surface area (Å²) in [4.78, 5) is 18.2. The number of pyridine rings is 1. The van der Waals surface area contributed by atoms with E-state index in [0.29, 0.717) is 16.6 Å². The number of methoxy groups -OCH3 is 2. The molecule has 2 heterocycles. The van der Waals surface area contributed by atoms with Crippen LogP contribution in [0.25, 0.3) is 10.6 Å². The smallest absolute Gasteiger partial charge is 0.232 e. The van der Waals surface area contributed by atoms with Crippen LogP contribution in [0.5, 0.6) is 11.5 Å². The number of amides is 1. The number of aromatic nitrogens is 3. The van der Waals surface area contributed by atoms with Gasteiger partial charge in [0, 0.05) is 25.0 Å². The molecule has 7 nitrogen and oxygen atoms in total. The summed E-state index contributed by atoms with van der Waals surface area (Å²) < 4.78 is 10.5. The number of carbonyl (C=O) groups is 1. The number of hydrogen-bond acceptors (Lipinski definition) is 7. The van der Waals surface area contributed by atoms with E-state index in [4.69, 9.17) is 9.47 Å². The number of rotatable bonds is 6. The van der Waals surface area contributed by atoms with Crippen LogP contribution in [0.1, 0.15) is 5.56 Å². The fourth-order valence-corrected chi connectivity index (χ4v) is 3.16. The predicted molar refractivity (Wildman–Crippen MR) is 99.8 cm³/mol. The largest absolute Gasteiger partial charge is 0.493 e. The summed E-state index contributed by atoms with van der Waals surface area (Å²) in [5.41, 5.74) is 1.70. The fraction of sp³-hybridized carbons (Fsp3) is 0.222. The Morgan fingerprint density at radius 1 is 1.15 bits per heavy atom. The lowest BCUT2D eigenvalue weighted by Gasteiger charge is -2.14. The van der Waals surface area contributed by atoms with Gasteiger partial charge in [-0.15, -0.1) is 10.2 Å². The molecule has 26 heavy (non-hydrogen) atoms. The maximum Gasteiger partial charge on any atom is 0.232 e. The van der Waals surface area contributed by atoms with Gasteiger partial charge in [-0.25, -0.2) is 0 Å². The molecule has 0 atom stereocenters. The minimum Gasteiger partial charge on any atom is -0.493 e. The molecule has 0 aliphatic rings. The molecule has 0 aliphatic carbocycles. The van der Waals surface area contributed by atoms with Crippen LogP contribution in [0.4, 0.5) is 5.13 Å². The van der Waals surface area contributed by atoms with Crippen molar-refractivity contribution < 1.29 is 14.3 Å². The molecule has 134 valence electrons. The molecule has 1 amide bonds. The van der Waals surface area contributed by atoms with Crippen molar-refractivity contribution in [2.45, 2.75) is 6.42 Å². The fourth-order valence-electron chi connectivity index (χ4n) is 2.35. The predicted octanol–water partition coefficient (Wildman–Crippen LogP) is 2.82. The van der Waals surface area contributed by atoms with Gasteiger partial charge in [-0.2, -0.15) is 0 Å². The highest BCUT2D eigenvalue weighted by molar-refractivity contribution is 7.18. The molecule has 3 aromatic rings. The number of likely N-dealkylation sites (N-methyl/N-ethyl adjacent to an activating group) is 1. The number of nitrogens with zero attached hydrogens (tertiary/aromatic N) is 4. The van der Waals surface area contributed by atoms with Gasteiger partial charge in [0.05, 0.1) is 20.6 Å². The average molecular weight is 370 g/mol. The van der Waals surface area contributed by atoms with Crippen LogP contribution in [0.2, 0.25) is 0 Å². The van der Waals surface area contributed by atoms with Crippen molar-refractivity contribution in [3.05, 3.63) is 48.3 Å². The van der Waals surface area contributed by atoms with Gasteiger partial charge in [0.1, 0.15) is 0 Å². The van der Waals surface area contributed by atoms with Crippen molar-refractivity contribution >= 4 is 22.4 Å². The lowest BCUT2D eigenvalue weighted by atomic mass is 10.1. The van der Waals surface area contributed by atoms with E-state index in [-0.39, 0.29) is 12.3 Å². The Labute approximate surface area is 155 Å². The SMILES string of the molecule is COc1ccc(CC(=O)N(C)c2nnc(-c3cccnc3)s2)cc1OC. The first-order valence-electron chi connectivity index (χ1n) is 7.83. The number of ether oxygens (including phenoxy) is 2. The van der Waals surface area contributed by atoms with Gasteiger partial charge >= 0.3 is 0 Å². The van der Waals surface area contributed by atoms with Crippen LogP contribution in [0, 0.1) is 0 Å². The molecular formula is C18H18N4O3S.